The molecule has 0 saturated carbocycles. The summed E-state index contributed by atoms with van der Waals surface area (Å²) in [6.07, 6.45) is 0.437. The van der Waals surface area contributed by atoms with E-state index >= 15 is 0 Å². The molecular formula is C25H20BrFN4O3. The van der Waals surface area contributed by atoms with Crippen LogP contribution in [0, 0.1) is 5.82 Å². The number of aliphatic hydroxyl groups excluding tert-OH is 1. The number of nitrogens with one attached hydrogen (secondary N) is 1. The molecule has 2 N–H and O–H groups in total. The average molecular weight is 523 g/mol. The van der Waals surface area contributed by atoms with Crippen LogP contribution in [0.3, 0.4) is 0 Å². The van der Waals surface area contributed by atoms with Crippen LogP contribution < -0.4 is 5.32 Å². The first-order chi connectivity index (χ1) is 16.5. The minimum atomic E-state index is -0.368. The SMILES string of the molecule is O=C(CCc1nc(-c2ccc(F)cc2Br)no1)Nc1ccc2c(c1)c1ccccc1n2CCO. The molecule has 7 nitrogen and oxygen atoms in total. The van der Waals surface area contributed by atoms with Crippen molar-refractivity contribution in [3.05, 3.63) is 76.8 Å². The maximum Gasteiger partial charge on any atom is 0.227 e. The van der Waals surface area contributed by atoms with Gasteiger partial charge in [-0.3, -0.25) is 4.79 Å². The van der Waals surface area contributed by atoms with E-state index < -0.39 is 0 Å². The molecule has 0 atom stereocenters. The highest BCUT2D eigenvalue weighted by molar-refractivity contribution is 9.10. The summed E-state index contributed by atoms with van der Waals surface area (Å²) in [4.78, 5) is 16.9. The van der Waals surface area contributed by atoms with Gasteiger partial charge in [-0.1, -0.05) is 23.4 Å². The van der Waals surface area contributed by atoms with Crippen molar-refractivity contribution in [2.75, 3.05) is 11.9 Å². The van der Waals surface area contributed by atoms with Crippen molar-refractivity contribution in [3.8, 4) is 11.4 Å². The number of nitrogens with zero attached hydrogens (tertiary/aromatic N) is 3. The number of carbonyl (C=O) groups excluding carboxylic acids is 1. The van der Waals surface area contributed by atoms with Gasteiger partial charge >= 0.3 is 0 Å². The Labute approximate surface area is 202 Å². The molecular weight excluding hydrogens is 503 g/mol. The van der Waals surface area contributed by atoms with E-state index in [0.717, 1.165) is 21.8 Å². The van der Waals surface area contributed by atoms with E-state index in [-0.39, 0.29) is 31.2 Å². The third-order valence-corrected chi connectivity index (χ3v) is 6.24. The van der Waals surface area contributed by atoms with Crippen molar-refractivity contribution in [3.63, 3.8) is 0 Å². The Kier molecular flexibility index (Phi) is 6.12. The number of anilines is 1. The number of aryl methyl sites for hydroxylation is 1. The molecule has 9 heteroatoms. The molecule has 0 radical (unpaired) electrons. The smallest absolute Gasteiger partial charge is 0.227 e. The molecule has 34 heavy (non-hydrogen) atoms. The van der Waals surface area contributed by atoms with Gasteiger partial charge in [0, 0.05) is 56.9 Å². The van der Waals surface area contributed by atoms with Crippen molar-refractivity contribution in [2.24, 2.45) is 0 Å². The van der Waals surface area contributed by atoms with Crippen molar-refractivity contribution in [2.45, 2.75) is 19.4 Å². The Bertz CT molecular complexity index is 1510. The van der Waals surface area contributed by atoms with Gasteiger partial charge in [-0.05, 0) is 58.4 Å². The summed E-state index contributed by atoms with van der Waals surface area (Å²) in [5.74, 6) is 0.101. The third-order valence-electron chi connectivity index (χ3n) is 5.59. The van der Waals surface area contributed by atoms with Crippen LogP contribution >= 0.6 is 15.9 Å². The van der Waals surface area contributed by atoms with Crippen molar-refractivity contribution in [1.82, 2.24) is 14.7 Å². The van der Waals surface area contributed by atoms with Gasteiger partial charge in [0.2, 0.25) is 17.6 Å². The topological polar surface area (TPSA) is 93.2 Å². The number of hydrogen-bond donors (Lipinski definition) is 2. The van der Waals surface area contributed by atoms with Gasteiger partial charge in [0.15, 0.2) is 0 Å². The lowest BCUT2D eigenvalue weighted by atomic mass is 10.1. The highest BCUT2D eigenvalue weighted by atomic mass is 79.9. The highest BCUT2D eigenvalue weighted by Gasteiger charge is 2.15. The maximum absolute atomic E-state index is 13.3. The Morgan fingerprint density at radius 2 is 1.91 bits per heavy atom. The van der Waals surface area contributed by atoms with E-state index in [1.807, 2.05) is 42.5 Å². The van der Waals surface area contributed by atoms with E-state index in [2.05, 4.69) is 36.0 Å². The first kappa shape index (κ1) is 22.2. The summed E-state index contributed by atoms with van der Waals surface area (Å²) in [6, 6.07) is 18.0. The second-order valence-corrected chi connectivity index (χ2v) is 8.66. The quantitative estimate of drug-likeness (QED) is 0.302. The maximum atomic E-state index is 13.3. The molecule has 0 aliphatic heterocycles. The summed E-state index contributed by atoms with van der Waals surface area (Å²) < 4.78 is 21.2. The van der Waals surface area contributed by atoms with E-state index in [1.54, 1.807) is 6.07 Å². The number of halogens is 2. The molecule has 0 aliphatic carbocycles. The summed E-state index contributed by atoms with van der Waals surface area (Å²) >= 11 is 3.29. The number of carbonyl (C=O) groups is 1. The zero-order valence-electron chi connectivity index (χ0n) is 18.0. The van der Waals surface area contributed by atoms with Crippen LogP contribution in [-0.4, -0.2) is 32.3 Å². The highest BCUT2D eigenvalue weighted by Crippen LogP contribution is 2.31. The monoisotopic (exact) mass is 522 g/mol. The summed E-state index contributed by atoms with van der Waals surface area (Å²) in [6.45, 7) is 0.540. The van der Waals surface area contributed by atoms with Gasteiger partial charge in [-0.2, -0.15) is 4.98 Å². The largest absolute Gasteiger partial charge is 0.395 e. The summed E-state index contributed by atoms with van der Waals surface area (Å²) in [5.41, 5.74) is 3.33. The van der Waals surface area contributed by atoms with Crippen molar-refractivity contribution in [1.29, 1.82) is 0 Å². The fraction of sp³-hybridized carbons (Fsp3) is 0.160. The van der Waals surface area contributed by atoms with Crippen molar-refractivity contribution >= 4 is 49.3 Å². The average Bonchev–Trinajstić information content (AvgIpc) is 3.41. The van der Waals surface area contributed by atoms with Gasteiger partial charge in [-0.25, -0.2) is 4.39 Å². The van der Waals surface area contributed by atoms with E-state index in [4.69, 9.17) is 4.52 Å². The first-order valence-electron chi connectivity index (χ1n) is 10.7. The fourth-order valence-corrected chi connectivity index (χ4v) is 4.58. The summed E-state index contributed by atoms with van der Waals surface area (Å²) in [5, 5.41) is 18.4. The second kappa shape index (κ2) is 9.36. The van der Waals surface area contributed by atoms with E-state index in [0.29, 0.717) is 34.0 Å². The third kappa shape index (κ3) is 4.32. The number of para-hydroxylation sites is 1. The lowest BCUT2D eigenvalue weighted by Gasteiger charge is -2.07. The van der Waals surface area contributed by atoms with Crippen LogP contribution in [0.2, 0.25) is 0 Å². The van der Waals surface area contributed by atoms with Crippen LogP contribution in [0.4, 0.5) is 10.1 Å². The van der Waals surface area contributed by atoms with E-state index in [1.165, 1.54) is 12.1 Å². The molecule has 2 aromatic heterocycles. The molecule has 5 rings (SSSR count). The standard InChI is InChI=1S/C25H20BrFN4O3/c26-20-13-15(27)5-7-18(20)25-29-24(34-30-25)10-9-23(33)28-16-6-8-22-19(14-16)17-3-1-2-4-21(17)31(22)11-12-32/h1-8,13-14,32H,9-12H2,(H,28,33). The lowest BCUT2D eigenvalue weighted by Crippen LogP contribution is -2.12. The number of benzene rings is 3. The molecule has 172 valence electrons. The normalized spacial score (nSPS) is 11.4. The fourth-order valence-electron chi connectivity index (χ4n) is 4.05. The lowest BCUT2D eigenvalue weighted by molar-refractivity contribution is -0.116. The number of hydrogen-bond acceptors (Lipinski definition) is 5. The molecule has 0 spiro atoms. The minimum absolute atomic E-state index is 0.0434. The summed E-state index contributed by atoms with van der Waals surface area (Å²) in [7, 11) is 0. The molecule has 3 aromatic carbocycles. The van der Waals surface area contributed by atoms with Crippen molar-refractivity contribution < 1.29 is 18.8 Å². The Morgan fingerprint density at radius 1 is 1.09 bits per heavy atom. The Hall–Kier alpha value is -3.56. The van der Waals surface area contributed by atoms with Gasteiger partial charge in [-0.15, -0.1) is 0 Å². The van der Waals surface area contributed by atoms with Gasteiger partial charge < -0.3 is 19.5 Å². The number of amides is 1. The first-order valence-corrected chi connectivity index (χ1v) is 11.5. The Balaban J connectivity index is 1.29. The molecule has 0 aliphatic rings. The van der Waals surface area contributed by atoms with Crippen LogP contribution in [0.15, 0.2) is 69.7 Å². The molecule has 0 fully saturated rings. The van der Waals surface area contributed by atoms with Crippen LogP contribution in [0.5, 0.6) is 0 Å². The predicted octanol–water partition coefficient (Wildman–Crippen LogP) is 5.31. The van der Waals surface area contributed by atoms with Gasteiger partial charge in [0.25, 0.3) is 0 Å². The molecule has 5 aromatic rings. The molecule has 0 saturated heterocycles. The molecule has 2 heterocycles. The van der Waals surface area contributed by atoms with Gasteiger partial charge in [0.1, 0.15) is 5.82 Å². The number of aliphatic hydroxyl groups is 1. The van der Waals surface area contributed by atoms with Crippen LogP contribution in [-0.2, 0) is 17.8 Å². The Morgan fingerprint density at radius 3 is 2.74 bits per heavy atom. The van der Waals surface area contributed by atoms with Gasteiger partial charge in [0.05, 0.1) is 6.61 Å². The zero-order valence-corrected chi connectivity index (χ0v) is 19.5. The number of rotatable bonds is 7. The number of fused-ring (bicyclic) bond motifs is 3. The zero-order chi connectivity index (χ0) is 23.7. The second-order valence-electron chi connectivity index (χ2n) is 7.81. The molecule has 0 unspecified atom stereocenters. The predicted molar refractivity (Wildman–Crippen MR) is 131 cm³/mol. The number of aromatic nitrogens is 3. The molecule has 0 bridgehead atoms. The minimum Gasteiger partial charge on any atom is -0.395 e. The van der Waals surface area contributed by atoms with Crippen LogP contribution in [0.1, 0.15) is 12.3 Å². The molecule has 1 amide bonds. The van der Waals surface area contributed by atoms with Crippen LogP contribution in [0.25, 0.3) is 33.2 Å². The van der Waals surface area contributed by atoms with E-state index in [9.17, 15) is 14.3 Å².